The van der Waals surface area contributed by atoms with Crippen molar-refractivity contribution in [2.75, 3.05) is 36.3 Å². The van der Waals surface area contributed by atoms with Gasteiger partial charge in [0.2, 0.25) is 5.91 Å². The fraction of sp³-hybridized carbons (Fsp3) is 0.556. The maximum absolute atomic E-state index is 12.1. The van der Waals surface area contributed by atoms with Crippen LogP contribution in [0.5, 0.6) is 0 Å². The monoisotopic (exact) mass is 395 g/mol. The quantitative estimate of drug-likeness (QED) is 0.780. The number of benzene rings is 1. The molecule has 1 aromatic rings. The van der Waals surface area contributed by atoms with E-state index in [0.29, 0.717) is 11.7 Å². The number of rotatable bonds is 4. The highest BCUT2D eigenvalue weighted by Crippen LogP contribution is 2.35. The first kappa shape index (κ1) is 19.2. The molecule has 142 valence electrons. The van der Waals surface area contributed by atoms with Crippen molar-refractivity contribution in [2.24, 2.45) is 4.99 Å². The van der Waals surface area contributed by atoms with E-state index in [1.54, 1.807) is 19.0 Å². The molecular formula is C18H25N3O3S2. The lowest BCUT2D eigenvalue weighted by molar-refractivity contribution is -0.125. The molecule has 1 aromatic carbocycles. The van der Waals surface area contributed by atoms with Crippen LogP contribution in [0, 0.1) is 0 Å². The van der Waals surface area contributed by atoms with Crippen LogP contribution in [0.3, 0.4) is 0 Å². The van der Waals surface area contributed by atoms with Crippen molar-refractivity contribution in [3.8, 4) is 0 Å². The van der Waals surface area contributed by atoms with Gasteiger partial charge in [0, 0.05) is 19.8 Å². The lowest BCUT2D eigenvalue weighted by Crippen LogP contribution is -2.39. The number of fused-ring (bicyclic) bond motifs is 1. The molecule has 6 nitrogen and oxygen atoms in total. The van der Waals surface area contributed by atoms with E-state index in [-0.39, 0.29) is 29.5 Å². The smallest absolute Gasteiger partial charge is 0.232 e. The van der Waals surface area contributed by atoms with Gasteiger partial charge in [-0.25, -0.2) is 8.42 Å². The first-order chi connectivity index (χ1) is 12.2. The summed E-state index contributed by atoms with van der Waals surface area (Å²) in [7, 11) is 0.381. The van der Waals surface area contributed by atoms with E-state index in [9.17, 15) is 13.2 Å². The molecule has 2 atom stereocenters. The van der Waals surface area contributed by atoms with E-state index < -0.39 is 9.84 Å². The van der Waals surface area contributed by atoms with Gasteiger partial charge in [-0.1, -0.05) is 37.7 Å². The zero-order valence-electron chi connectivity index (χ0n) is 15.5. The third-order valence-electron chi connectivity index (χ3n) is 4.77. The Bertz CT molecular complexity index is 817. The third kappa shape index (κ3) is 3.91. The number of thioether (sulfide) groups is 1. The molecule has 26 heavy (non-hydrogen) atoms. The standard InChI is InChI=1S/C18H25N3O3S2/c1-12(2)13-5-7-14(8-6-13)21-16-11-26(23,24)10-15(16)19-18(21)25-9-17(22)20(3)4/h5-8,12,15-16H,9-11H2,1-4H3/t15-,16+/m0/s1. The topological polar surface area (TPSA) is 70.1 Å². The second-order valence-electron chi connectivity index (χ2n) is 7.32. The number of amidine groups is 1. The van der Waals surface area contributed by atoms with Crippen molar-refractivity contribution in [2.45, 2.75) is 31.8 Å². The molecule has 0 aromatic heterocycles. The van der Waals surface area contributed by atoms with E-state index in [4.69, 9.17) is 0 Å². The fourth-order valence-corrected chi connectivity index (χ4v) is 6.16. The Kier molecular flexibility index (Phi) is 5.35. The number of hydrogen-bond donors (Lipinski definition) is 0. The van der Waals surface area contributed by atoms with Gasteiger partial charge >= 0.3 is 0 Å². The summed E-state index contributed by atoms with van der Waals surface area (Å²) in [6.07, 6.45) is 0. The molecule has 1 saturated heterocycles. The highest BCUT2D eigenvalue weighted by Gasteiger charge is 2.47. The minimum absolute atomic E-state index is 0.0116. The Morgan fingerprint density at radius 2 is 1.92 bits per heavy atom. The lowest BCUT2D eigenvalue weighted by atomic mass is 10.0. The van der Waals surface area contributed by atoms with Crippen LogP contribution in [0.25, 0.3) is 0 Å². The Hall–Kier alpha value is -1.54. The van der Waals surface area contributed by atoms with Crippen molar-refractivity contribution in [1.29, 1.82) is 0 Å². The van der Waals surface area contributed by atoms with E-state index in [1.165, 1.54) is 17.3 Å². The minimum atomic E-state index is -3.07. The fourth-order valence-electron chi connectivity index (χ4n) is 3.21. The number of carbonyl (C=O) groups is 1. The summed E-state index contributed by atoms with van der Waals surface area (Å²) in [5, 5.41) is 0.738. The van der Waals surface area contributed by atoms with Crippen molar-refractivity contribution < 1.29 is 13.2 Å². The van der Waals surface area contributed by atoms with E-state index in [1.807, 2.05) is 17.0 Å². The van der Waals surface area contributed by atoms with Gasteiger partial charge in [0.25, 0.3) is 0 Å². The molecule has 0 saturated carbocycles. The summed E-state index contributed by atoms with van der Waals surface area (Å²) in [6, 6.07) is 7.76. The molecule has 0 radical (unpaired) electrons. The van der Waals surface area contributed by atoms with Gasteiger partial charge < -0.3 is 9.80 Å². The first-order valence-electron chi connectivity index (χ1n) is 8.68. The molecule has 2 aliphatic heterocycles. The summed E-state index contributed by atoms with van der Waals surface area (Å²) < 4.78 is 24.1. The summed E-state index contributed by atoms with van der Waals surface area (Å²) >= 11 is 1.38. The van der Waals surface area contributed by atoms with Crippen LogP contribution in [-0.2, 0) is 14.6 Å². The number of hydrogen-bond acceptors (Lipinski definition) is 6. The average molecular weight is 396 g/mol. The van der Waals surface area contributed by atoms with Crippen LogP contribution in [0.15, 0.2) is 29.3 Å². The van der Waals surface area contributed by atoms with Crippen LogP contribution in [0.4, 0.5) is 5.69 Å². The van der Waals surface area contributed by atoms with Gasteiger partial charge in [0.1, 0.15) is 0 Å². The molecule has 0 N–H and O–H groups in total. The molecule has 0 aliphatic carbocycles. The summed E-state index contributed by atoms with van der Waals surface area (Å²) in [5.41, 5.74) is 2.17. The zero-order valence-corrected chi connectivity index (χ0v) is 17.2. The Morgan fingerprint density at radius 3 is 2.50 bits per heavy atom. The molecular weight excluding hydrogens is 370 g/mol. The Morgan fingerprint density at radius 1 is 1.27 bits per heavy atom. The number of amides is 1. The molecule has 2 heterocycles. The van der Waals surface area contributed by atoms with E-state index in [2.05, 4.69) is 31.0 Å². The summed E-state index contributed by atoms with van der Waals surface area (Å²) in [5.74, 6) is 0.932. The number of nitrogens with zero attached hydrogens (tertiary/aromatic N) is 3. The predicted octanol–water partition coefficient (Wildman–Crippen LogP) is 1.97. The highest BCUT2D eigenvalue weighted by molar-refractivity contribution is 8.14. The second kappa shape index (κ2) is 7.23. The predicted molar refractivity (Wildman–Crippen MR) is 108 cm³/mol. The maximum Gasteiger partial charge on any atom is 0.232 e. The highest BCUT2D eigenvalue weighted by atomic mass is 32.2. The van der Waals surface area contributed by atoms with Crippen LogP contribution in [-0.4, -0.2) is 67.8 Å². The second-order valence-corrected chi connectivity index (χ2v) is 10.4. The number of carbonyl (C=O) groups excluding carboxylic acids is 1. The van der Waals surface area contributed by atoms with Crippen molar-refractivity contribution in [3.05, 3.63) is 29.8 Å². The van der Waals surface area contributed by atoms with Crippen LogP contribution < -0.4 is 4.90 Å². The molecule has 1 fully saturated rings. The van der Waals surface area contributed by atoms with Crippen molar-refractivity contribution in [3.63, 3.8) is 0 Å². The maximum atomic E-state index is 12.1. The molecule has 8 heteroatoms. The minimum Gasteiger partial charge on any atom is -0.348 e. The molecule has 0 spiro atoms. The SMILES string of the molecule is CC(C)c1ccc(N2C(SCC(=O)N(C)C)=N[C@H]3CS(=O)(=O)C[C@H]32)cc1. The largest absolute Gasteiger partial charge is 0.348 e. The zero-order chi connectivity index (χ0) is 19.1. The Balaban J connectivity index is 1.87. The van der Waals surface area contributed by atoms with Gasteiger partial charge in [-0.05, 0) is 23.6 Å². The van der Waals surface area contributed by atoms with Crippen molar-refractivity contribution >= 4 is 38.4 Å². The lowest BCUT2D eigenvalue weighted by Gasteiger charge is -2.27. The van der Waals surface area contributed by atoms with Crippen LogP contribution >= 0.6 is 11.8 Å². The molecule has 1 amide bonds. The van der Waals surface area contributed by atoms with Crippen molar-refractivity contribution in [1.82, 2.24) is 4.90 Å². The van der Waals surface area contributed by atoms with Gasteiger partial charge in [0.15, 0.2) is 15.0 Å². The Labute approximate surface area is 159 Å². The first-order valence-corrected chi connectivity index (χ1v) is 11.5. The third-order valence-corrected chi connectivity index (χ3v) is 7.42. The van der Waals surface area contributed by atoms with Gasteiger partial charge in [-0.2, -0.15) is 0 Å². The normalized spacial score (nSPS) is 23.9. The molecule has 0 bridgehead atoms. The van der Waals surface area contributed by atoms with E-state index in [0.717, 1.165) is 10.9 Å². The van der Waals surface area contributed by atoms with E-state index >= 15 is 0 Å². The number of anilines is 1. The number of aliphatic imine (C=N–C) groups is 1. The van der Waals surface area contributed by atoms with Gasteiger partial charge in [0.05, 0.1) is 29.3 Å². The molecule has 0 unspecified atom stereocenters. The average Bonchev–Trinajstić information content (AvgIpc) is 3.03. The summed E-state index contributed by atoms with van der Waals surface area (Å²) in [6.45, 7) is 4.28. The summed E-state index contributed by atoms with van der Waals surface area (Å²) in [4.78, 5) is 20.2. The number of sulfone groups is 1. The molecule has 2 aliphatic rings. The molecule has 3 rings (SSSR count). The van der Waals surface area contributed by atoms with Gasteiger partial charge in [-0.3, -0.25) is 9.79 Å². The van der Waals surface area contributed by atoms with Crippen LogP contribution in [0.1, 0.15) is 25.3 Å². The van der Waals surface area contributed by atoms with Gasteiger partial charge in [-0.15, -0.1) is 0 Å². The van der Waals surface area contributed by atoms with Crippen LogP contribution in [0.2, 0.25) is 0 Å².